The molecule has 21 heavy (non-hydrogen) atoms. The first-order chi connectivity index (χ1) is 10.3. The van der Waals surface area contributed by atoms with Crippen LogP contribution < -0.4 is 0 Å². The van der Waals surface area contributed by atoms with Crippen molar-refractivity contribution in [2.75, 3.05) is 6.54 Å². The highest BCUT2D eigenvalue weighted by Crippen LogP contribution is 2.38. The van der Waals surface area contributed by atoms with E-state index in [1.807, 2.05) is 24.4 Å². The highest BCUT2D eigenvalue weighted by atomic mass is 16.3. The fraction of sp³-hybridized carbons (Fsp3) is 0.412. The zero-order chi connectivity index (χ0) is 14.2. The van der Waals surface area contributed by atoms with Gasteiger partial charge in [0.25, 0.3) is 0 Å². The summed E-state index contributed by atoms with van der Waals surface area (Å²) in [6, 6.07) is 7.57. The standard InChI is InChI=1S/C17H19N3O/c21-16-4-2-1-3-14(16)10-20-8-7-13-9-18-17(12-5-6-12)19-15(13)11-20/h1-4,9,12,21H,5-8,10-11H2. The van der Waals surface area contributed by atoms with E-state index in [2.05, 4.69) is 9.88 Å². The molecular formula is C17H19N3O. The smallest absolute Gasteiger partial charge is 0.131 e. The molecule has 2 heterocycles. The van der Waals surface area contributed by atoms with Gasteiger partial charge in [-0.15, -0.1) is 0 Å². The van der Waals surface area contributed by atoms with Gasteiger partial charge >= 0.3 is 0 Å². The summed E-state index contributed by atoms with van der Waals surface area (Å²) in [6.07, 6.45) is 5.49. The van der Waals surface area contributed by atoms with E-state index < -0.39 is 0 Å². The molecule has 2 aromatic rings. The van der Waals surface area contributed by atoms with Crippen LogP contribution in [0.2, 0.25) is 0 Å². The number of rotatable bonds is 3. The Morgan fingerprint density at radius 1 is 1.24 bits per heavy atom. The minimum atomic E-state index is 0.379. The number of aromatic nitrogens is 2. The summed E-state index contributed by atoms with van der Waals surface area (Å²) in [7, 11) is 0. The minimum Gasteiger partial charge on any atom is -0.508 e. The molecule has 4 nitrogen and oxygen atoms in total. The van der Waals surface area contributed by atoms with Crippen molar-refractivity contribution in [2.45, 2.75) is 38.3 Å². The third-order valence-electron chi connectivity index (χ3n) is 4.37. The molecule has 0 saturated heterocycles. The maximum absolute atomic E-state index is 9.91. The summed E-state index contributed by atoms with van der Waals surface area (Å²) < 4.78 is 0. The minimum absolute atomic E-state index is 0.379. The summed E-state index contributed by atoms with van der Waals surface area (Å²) >= 11 is 0. The number of phenols is 1. The van der Waals surface area contributed by atoms with Gasteiger partial charge in [-0.2, -0.15) is 0 Å². The molecule has 2 aliphatic rings. The summed E-state index contributed by atoms with van der Waals surface area (Å²) in [6.45, 7) is 2.62. The van der Waals surface area contributed by atoms with Crippen LogP contribution in [0.5, 0.6) is 5.75 Å². The third-order valence-corrected chi connectivity index (χ3v) is 4.37. The first kappa shape index (κ1) is 12.8. The van der Waals surface area contributed by atoms with E-state index in [-0.39, 0.29) is 0 Å². The molecule has 0 bridgehead atoms. The molecular weight excluding hydrogens is 262 g/mol. The highest BCUT2D eigenvalue weighted by Gasteiger charge is 2.28. The number of hydrogen-bond donors (Lipinski definition) is 1. The molecule has 0 atom stereocenters. The van der Waals surface area contributed by atoms with Gasteiger partial charge in [-0.05, 0) is 30.9 Å². The number of fused-ring (bicyclic) bond motifs is 1. The Morgan fingerprint density at radius 2 is 2.10 bits per heavy atom. The molecule has 1 aromatic carbocycles. The Balaban J connectivity index is 1.53. The molecule has 1 aliphatic carbocycles. The van der Waals surface area contributed by atoms with Crippen LogP contribution in [0, 0.1) is 0 Å². The quantitative estimate of drug-likeness (QED) is 0.939. The first-order valence-electron chi connectivity index (χ1n) is 7.63. The second-order valence-corrected chi connectivity index (χ2v) is 6.06. The topological polar surface area (TPSA) is 49.2 Å². The van der Waals surface area contributed by atoms with Gasteiger partial charge in [-0.25, -0.2) is 9.97 Å². The van der Waals surface area contributed by atoms with Gasteiger partial charge in [-0.3, -0.25) is 4.90 Å². The number of nitrogens with zero attached hydrogens (tertiary/aromatic N) is 3. The lowest BCUT2D eigenvalue weighted by molar-refractivity contribution is 0.237. The predicted molar refractivity (Wildman–Crippen MR) is 79.9 cm³/mol. The Hall–Kier alpha value is -1.94. The summed E-state index contributed by atoms with van der Waals surface area (Å²) in [5.41, 5.74) is 3.44. The second-order valence-electron chi connectivity index (χ2n) is 6.06. The molecule has 1 aromatic heterocycles. The normalized spacial score (nSPS) is 18.5. The lowest BCUT2D eigenvalue weighted by Gasteiger charge is -2.28. The van der Waals surface area contributed by atoms with Crippen molar-refractivity contribution in [1.82, 2.24) is 14.9 Å². The van der Waals surface area contributed by atoms with E-state index >= 15 is 0 Å². The van der Waals surface area contributed by atoms with Crippen molar-refractivity contribution < 1.29 is 5.11 Å². The van der Waals surface area contributed by atoms with Crippen LogP contribution in [0.1, 0.15) is 41.4 Å². The van der Waals surface area contributed by atoms with Crippen molar-refractivity contribution in [3.63, 3.8) is 0 Å². The van der Waals surface area contributed by atoms with E-state index in [4.69, 9.17) is 4.98 Å². The van der Waals surface area contributed by atoms with E-state index in [0.717, 1.165) is 37.4 Å². The highest BCUT2D eigenvalue weighted by molar-refractivity contribution is 5.32. The fourth-order valence-corrected chi connectivity index (χ4v) is 2.93. The van der Waals surface area contributed by atoms with Gasteiger partial charge in [0.2, 0.25) is 0 Å². The van der Waals surface area contributed by atoms with Gasteiger partial charge in [0, 0.05) is 37.3 Å². The van der Waals surface area contributed by atoms with Crippen LogP contribution >= 0.6 is 0 Å². The molecule has 4 heteroatoms. The predicted octanol–water partition coefficient (Wildman–Crippen LogP) is 2.62. The summed E-state index contributed by atoms with van der Waals surface area (Å²) in [4.78, 5) is 11.6. The largest absolute Gasteiger partial charge is 0.508 e. The van der Waals surface area contributed by atoms with Gasteiger partial charge in [-0.1, -0.05) is 18.2 Å². The third kappa shape index (κ3) is 2.63. The van der Waals surface area contributed by atoms with Crippen molar-refractivity contribution >= 4 is 0 Å². The van der Waals surface area contributed by atoms with Crippen LogP contribution in [0.4, 0.5) is 0 Å². The van der Waals surface area contributed by atoms with E-state index in [1.165, 1.54) is 24.1 Å². The molecule has 1 fully saturated rings. The van der Waals surface area contributed by atoms with Crippen molar-refractivity contribution in [3.8, 4) is 5.75 Å². The van der Waals surface area contributed by atoms with Crippen molar-refractivity contribution in [3.05, 3.63) is 53.1 Å². The van der Waals surface area contributed by atoms with Gasteiger partial charge in [0.05, 0.1) is 5.69 Å². The zero-order valence-corrected chi connectivity index (χ0v) is 12.0. The summed E-state index contributed by atoms with van der Waals surface area (Å²) in [5, 5.41) is 9.91. The number of hydrogen-bond acceptors (Lipinski definition) is 4. The molecule has 0 unspecified atom stereocenters. The van der Waals surface area contributed by atoms with E-state index in [9.17, 15) is 5.11 Å². The monoisotopic (exact) mass is 281 g/mol. The van der Waals surface area contributed by atoms with Crippen molar-refractivity contribution in [1.29, 1.82) is 0 Å². The van der Waals surface area contributed by atoms with Crippen LogP contribution in [0.25, 0.3) is 0 Å². The van der Waals surface area contributed by atoms with Gasteiger partial charge < -0.3 is 5.11 Å². The molecule has 0 spiro atoms. The maximum atomic E-state index is 9.91. The fourth-order valence-electron chi connectivity index (χ4n) is 2.93. The number of para-hydroxylation sites is 1. The average Bonchev–Trinajstić information content (AvgIpc) is 3.34. The van der Waals surface area contributed by atoms with Crippen molar-refractivity contribution in [2.24, 2.45) is 0 Å². The Morgan fingerprint density at radius 3 is 2.90 bits per heavy atom. The molecule has 0 amide bonds. The number of phenolic OH excluding ortho intramolecular Hbond substituents is 1. The molecule has 0 radical (unpaired) electrons. The Kier molecular flexibility index (Phi) is 3.11. The zero-order valence-electron chi connectivity index (χ0n) is 12.0. The average molecular weight is 281 g/mol. The second kappa shape index (κ2) is 5.11. The lowest BCUT2D eigenvalue weighted by Crippen LogP contribution is -2.31. The van der Waals surface area contributed by atoms with Crippen LogP contribution in [-0.2, 0) is 19.5 Å². The summed E-state index contributed by atoms with van der Waals surface area (Å²) in [5.74, 6) is 2.01. The lowest BCUT2D eigenvalue weighted by atomic mass is 10.1. The molecule has 108 valence electrons. The van der Waals surface area contributed by atoms with E-state index in [1.54, 1.807) is 6.07 Å². The number of aromatic hydroxyl groups is 1. The van der Waals surface area contributed by atoms with Gasteiger partial charge in [0.15, 0.2) is 0 Å². The molecule has 4 rings (SSSR count). The number of benzene rings is 1. The van der Waals surface area contributed by atoms with E-state index in [0.29, 0.717) is 11.7 Å². The van der Waals surface area contributed by atoms with Crippen LogP contribution in [0.15, 0.2) is 30.5 Å². The maximum Gasteiger partial charge on any atom is 0.131 e. The van der Waals surface area contributed by atoms with Crippen LogP contribution in [-0.4, -0.2) is 26.5 Å². The first-order valence-corrected chi connectivity index (χ1v) is 7.63. The SMILES string of the molecule is Oc1ccccc1CN1CCc2cnc(C3CC3)nc2C1. The molecule has 1 aliphatic heterocycles. The molecule has 1 N–H and O–H groups in total. The Bertz CT molecular complexity index is 667. The Labute approximate surface area is 124 Å². The van der Waals surface area contributed by atoms with Gasteiger partial charge in [0.1, 0.15) is 11.6 Å². The van der Waals surface area contributed by atoms with Crippen LogP contribution in [0.3, 0.4) is 0 Å². The molecule has 1 saturated carbocycles.